The van der Waals surface area contributed by atoms with Crippen molar-refractivity contribution in [1.29, 1.82) is 0 Å². The summed E-state index contributed by atoms with van der Waals surface area (Å²) in [5, 5.41) is 0.671. The second kappa shape index (κ2) is 6.36. The van der Waals surface area contributed by atoms with Gasteiger partial charge in [0.05, 0.1) is 0 Å². The van der Waals surface area contributed by atoms with Crippen LogP contribution < -0.4 is 0 Å². The molecule has 0 heterocycles. The van der Waals surface area contributed by atoms with Crippen LogP contribution in [-0.2, 0) is 17.6 Å². The first-order valence-electron chi connectivity index (χ1n) is 6.06. The molecule has 0 amide bonds. The van der Waals surface area contributed by atoms with Gasteiger partial charge in [0.15, 0.2) is 0 Å². The van der Waals surface area contributed by atoms with Crippen LogP contribution in [0.4, 0.5) is 0 Å². The van der Waals surface area contributed by atoms with E-state index in [4.69, 9.17) is 11.6 Å². The Kier molecular flexibility index (Phi) is 4.78. The van der Waals surface area contributed by atoms with Crippen molar-refractivity contribution in [3.8, 4) is 0 Å². The van der Waals surface area contributed by atoms with Gasteiger partial charge in [-0.3, -0.25) is 4.79 Å². The van der Waals surface area contributed by atoms with Crippen LogP contribution in [0.1, 0.15) is 16.7 Å². The SMILES string of the molecule is Cc1ccc(CC(=O)Cc2ccc(Br)cc2)c(Cl)c1. The molecule has 0 aliphatic heterocycles. The van der Waals surface area contributed by atoms with E-state index in [1.54, 1.807) is 0 Å². The van der Waals surface area contributed by atoms with Gasteiger partial charge in [-0.05, 0) is 41.8 Å². The summed E-state index contributed by atoms with van der Waals surface area (Å²) >= 11 is 9.52. The molecule has 2 rings (SSSR count). The Bertz CT molecular complexity index is 590. The van der Waals surface area contributed by atoms with Crippen LogP contribution in [0.15, 0.2) is 46.9 Å². The Morgan fingerprint density at radius 1 is 1.11 bits per heavy atom. The van der Waals surface area contributed by atoms with Crippen LogP contribution in [-0.4, -0.2) is 5.78 Å². The van der Waals surface area contributed by atoms with Crippen molar-refractivity contribution in [3.63, 3.8) is 0 Å². The molecule has 0 N–H and O–H groups in total. The van der Waals surface area contributed by atoms with Gasteiger partial charge in [-0.15, -0.1) is 0 Å². The summed E-state index contributed by atoms with van der Waals surface area (Å²) in [6, 6.07) is 13.6. The lowest BCUT2D eigenvalue weighted by atomic mass is 10.0. The molecule has 0 saturated heterocycles. The molecule has 0 unspecified atom stereocenters. The molecule has 0 atom stereocenters. The van der Waals surface area contributed by atoms with Crippen LogP contribution in [0.25, 0.3) is 0 Å². The summed E-state index contributed by atoms with van der Waals surface area (Å²) in [5.74, 6) is 0.174. The standard InChI is InChI=1S/C16H14BrClO/c1-11-2-5-13(16(18)8-11)10-15(19)9-12-3-6-14(17)7-4-12/h2-8H,9-10H2,1H3. The van der Waals surface area contributed by atoms with Crippen molar-refractivity contribution in [2.75, 3.05) is 0 Å². The smallest absolute Gasteiger partial charge is 0.141 e. The average Bonchev–Trinajstić information content (AvgIpc) is 2.36. The Morgan fingerprint density at radius 2 is 1.79 bits per heavy atom. The number of hydrogen-bond donors (Lipinski definition) is 0. The average molecular weight is 338 g/mol. The molecule has 0 spiro atoms. The molecule has 2 aromatic rings. The number of halogens is 2. The summed E-state index contributed by atoms with van der Waals surface area (Å²) in [6.07, 6.45) is 0.826. The Hall–Kier alpha value is -1.12. The summed E-state index contributed by atoms with van der Waals surface area (Å²) in [4.78, 5) is 12.0. The van der Waals surface area contributed by atoms with E-state index in [-0.39, 0.29) is 5.78 Å². The maximum absolute atomic E-state index is 12.0. The van der Waals surface area contributed by atoms with Gasteiger partial charge in [0.2, 0.25) is 0 Å². The third kappa shape index (κ3) is 4.19. The maximum atomic E-state index is 12.0. The molecule has 98 valence electrons. The fraction of sp³-hybridized carbons (Fsp3) is 0.188. The Morgan fingerprint density at radius 3 is 2.42 bits per heavy atom. The van der Waals surface area contributed by atoms with Crippen molar-refractivity contribution in [2.24, 2.45) is 0 Å². The topological polar surface area (TPSA) is 17.1 Å². The molecule has 0 radical (unpaired) electrons. The van der Waals surface area contributed by atoms with Crippen molar-refractivity contribution in [3.05, 3.63) is 68.7 Å². The van der Waals surface area contributed by atoms with E-state index in [1.807, 2.05) is 49.4 Å². The summed E-state index contributed by atoms with van der Waals surface area (Å²) in [6.45, 7) is 1.99. The molecule has 1 nitrogen and oxygen atoms in total. The first kappa shape index (κ1) is 14.3. The minimum Gasteiger partial charge on any atom is -0.299 e. The molecule has 0 saturated carbocycles. The van der Waals surface area contributed by atoms with E-state index in [2.05, 4.69) is 15.9 Å². The van der Waals surface area contributed by atoms with Crippen LogP contribution in [0.3, 0.4) is 0 Å². The van der Waals surface area contributed by atoms with Gasteiger partial charge < -0.3 is 0 Å². The van der Waals surface area contributed by atoms with E-state index in [1.165, 1.54) is 0 Å². The van der Waals surface area contributed by atoms with E-state index in [0.29, 0.717) is 17.9 Å². The van der Waals surface area contributed by atoms with Crippen molar-refractivity contribution < 1.29 is 4.79 Å². The lowest BCUT2D eigenvalue weighted by molar-refractivity contribution is -0.117. The molecule has 0 aliphatic rings. The van der Waals surface area contributed by atoms with Gasteiger partial charge in [0, 0.05) is 22.3 Å². The van der Waals surface area contributed by atoms with E-state index < -0.39 is 0 Å². The van der Waals surface area contributed by atoms with Crippen molar-refractivity contribution >= 4 is 33.3 Å². The molecule has 0 fully saturated rings. The van der Waals surface area contributed by atoms with Gasteiger partial charge in [-0.25, -0.2) is 0 Å². The number of benzene rings is 2. The Balaban J connectivity index is 2.03. The number of carbonyl (C=O) groups is 1. The van der Waals surface area contributed by atoms with Gasteiger partial charge >= 0.3 is 0 Å². The van der Waals surface area contributed by atoms with Gasteiger partial charge in [-0.1, -0.05) is 51.8 Å². The quantitative estimate of drug-likeness (QED) is 0.785. The van der Waals surface area contributed by atoms with Crippen LogP contribution >= 0.6 is 27.5 Å². The highest BCUT2D eigenvalue weighted by Gasteiger charge is 2.08. The normalized spacial score (nSPS) is 10.5. The first-order valence-corrected chi connectivity index (χ1v) is 7.23. The maximum Gasteiger partial charge on any atom is 0.141 e. The molecular weight excluding hydrogens is 324 g/mol. The molecule has 0 aliphatic carbocycles. The molecule has 2 aromatic carbocycles. The predicted molar refractivity (Wildman–Crippen MR) is 82.7 cm³/mol. The highest BCUT2D eigenvalue weighted by Crippen LogP contribution is 2.19. The third-order valence-electron chi connectivity index (χ3n) is 2.91. The number of aryl methyl sites for hydroxylation is 1. The van der Waals surface area contributed by atoms with Crippen LogP contribution in [0.2, 0.25) is 5.02 Å². The van der Waals surface area contributed by atoms with Crippen LogP contribution in [0.5, 0.6) is 0 Å². The number of carbonyl (C=O) groups excluding carboxylic acids is 1. The molecular formula is C16H14BrClO. The Labute approximate surface area is 126 Å². The van der Waals surface area contributed by atoms with E-state index in [9.17, 15) is 4.79 Å². The molecule has 0 bridgehead atoms. The monoisotopic (exact) mass is 336 g/mol. The highest BCUT2D eigenvalue weighted by atomic mass is 79.9. The molecule has 3 heteroatoms. The highest BCUT2D eigenvalue weighted by molar-refractivity contribution is 9.10. The second-order valence-electron chi connectivity index (χ2n) is 4.61. The first-order chi connectivity index (χ1) is 9.04. The number of ketones is 1. The third-order valence-corrected chi connectivity index (χ3v) is 3.79. The minimum absolute atomic E-state index is 0.174. The minimum atomic E-state index is 0.174. The molecule has 0 aromatic heterocycles. The zero-order valence-electron chi connectivity index (χ0n) is 10.6. The fourth-order valence-corrected chi connectivity index (χ4v) is 2.47. The predicted octanol–water partition coefficient (Wildman–Crippen LogP) is 4.77. The second-order valence-corrected chi connectivity index (χ2v) is 5.94. The lowest BCUT2D eigenvalue weighted by Gasteiger charge is -2.05. The number of hydrogen-bond acceptors (Lipinski definition) is 1. The van der Waals surface area contributed by atoms with E-state index in [0.717, 1.165) is 21.2 Å². The van der Waals surface area contributed by atoms with Crippen LogP contribution in [0, 0.1) is 6.92 Å². The number of Topliss-reactive ketones (excluding diaryl/α,β-unsaturated/α-hetero) is 1. The summed E-state index contributed by atoms with van der Waals surface area (Å²) in [7, 11) is 0. The fourth-order valence-electron chi connectivity index (χ4n) is 1.90. The van der Waals surface area contributed by atoms with E-state index >= 15 is 0 Å². The lowest BCUT2D eigenvalue weighted by Crippen LogP contribution is -2.07. The summed E-state index contributed by atoms with van der Waals surface area (Å²) in [5.41, 5.74) is 3.03. The van der Waals surface area contributed by atoms with Crippen molar-refractivity contribution in [1.82, 2.24) is 0 Å². The van der Waals surface area contributed by atoms with Gasteiger partial charge in [0.25, 0.3) is 0 Å². The van der Waals surface area contributed by atoms with Gasteiger partial charge in [0.1, 0.15) is 5.78 Å². The zero-order chi connectivity index (χ0) is 13.8. The van der Waals surface area contributed by atoms with Crippen molar-refractivity contribution in [2.45, 2.75) is 19.8 Å². The van der Waals surface area contributed by atoms with Gasteiger partial charge in [-0.2, -0.15) is 0 Å². The zero-order valence-corrected chi connectivity index (χ0v) is 13.0. The largest absolute Gasteiger partial charge is 0.299 e. The summed E-state index contributed by atoms with van der Waals surface area (Å²) < 4.78 is 1.02. The molecule has 19 heavy (non-hydrogen) atoms. The number of rotatable bonds is 4.